The molecule has 2 saturated heterocycles. The number of carbonyl (C=O) groups excluding carboxylic acids is 1. The summed E-state index contributed by atoms with van der Waals surface area (Å²) in [7, 11) is 2.15. The van der Waals surface area contributed by atoms with Crippen LogP contribution in [0, 0.1) is 11.8 Å². The van der Waals surface area contributed by atoms with Gasteiger partial charge in [0.15, 0.2) is 6.10 Å². The third kappa shape index (κ3) is 4.63. The molecule has 2 aliphatic rings. The number of halogens is 2. The highest BCUT2D eigenvalue weighted by molar-refractivity contribution is 6.33. The van der Waals surface area contributed by atoms with Crippen LogP contribution in [0.1, 0.15) is 49.9 Å². The van der Waals surface area contributed by atoms with Gasteiger partial charge >= 0.3 is 0 Å². The van der Waals surface area contributed by atoms with Gasteiger partial charge in [0, 0.05) is 24.2 Å². The van der Waals surface area contributed by atoms with Crippen molar-refractivity contribution in [2.45, 2.75) is 63.8 Å². The van der Waals surface area contributed by atoms with E-state index < -0.39 is 0 Å². The third-order valence-electron chi connectivity index (χ3n) is 5.48. The van der Waals surface area contributed by atoms with Crippen LogP contribution in [-0.4, -0.2) is 42.1 Å². The van der Waals surface area contributed by atoms with E-state index in [9.17, 15) is 4.79 Å². The summed E-state index contributed by atoms with van der Waals surface area (Å²) in [4.78, 5) is 15.4. The number of carbonyl (C=O) groups is 1. The summed E-state index contributed by atoms with van der Waals surface area (Å²) in [5, 5.41) is 3.54. The number of nitrogens with zero attached hydrogens (tertiary/aromatic N) is 1. The van der Waals surface area contributed by atoms with Crippen LogP contribution >= 0.6 is 24.0 Å². The van der Waals surface area contributed by atoms with Crippen molar-refractivity contribution in [3.8, 4) is 17.6 Å². The Kier molecular flexibility index (Phi) is 7.27. The molecular weight excluding hydrogens is 385 g/mol. The minimum Gasteiger partial charge on any atom is -0.477 e. The molecule has 0 saturated carbocycles. The Morgan fingerprint density at radius 1 is 1.37 bits per heavy atom. The molecule has 2 unspecified atom stereocenters. The maximum absolute atomic E-state index is 13.0. The Hall–Kier alpha value is -1.61. The Labute approximate surface area is 172 Å². The van der Waals surface area contributed by atoms with Gasteiger partial charge in [0.25, 0.3) is 5.91 Å². The number of nitrogens with one attached hydrogen (secondary N) is 1. The van der Waals surface area contributed by atoms with Gasteiger partial charge in [-0.05, 0) is 52.6 Å². The number of nitrogen functional groups attached to an aromatic ring is 1. The summed E-state index contributed by atoms with van der Waals surface area (Å²) in [5.41, 5.74) is 6.68. The summed E-state index contributed by atoms with van der Waals surface area (Å²) in [6, 6.07) is 4.38. The number of benzene rings is 1. The van der Waals surface area contributed by atoms with Crippen LogP contribution in [0.2, 0.25) is 5.02 Å². The van der Waals surface area contributed by atoms with Crippen LogP contribution in [0.25, 0.3) is 0 Å². The first-order valence-corrected chi connectivity index (χ1v) is 9.49. The topological polar surface area (TPSA) is 67.6 Å². The number of ether oxygens (including phenoxy) is 1. The zero-order valence-corrected chi connectivity index (χ0v) is 17.5. The van der Waals surface area contributed by atoms with Crippen LogP contribution in [0.5, 0.6) is 5.75 Å². The molecule has 0 radical (unpaired) electrons. The van der Waals surface area contributed by atoms with Crippen molar-refractivity contribution in [2.75, 3.05) is 12.8 Å². The van der Waals surface area contributed by atoms with Crippen LogP contribution in [0.15, 0.2) is 12.1 Å². The number of likely N-dealkylation sites (N-methyl/N-ethyl adjacent to an activating group) is 1. The van der Waals surface area contributed by atoms with Crippen LogP contribution in [0.4, 0.5) is 5.69 Å². The highest BCUT2D eigenvalue weighted by Gasteiger charge is 2.40. The molecule has 0 aromatic heterocycles. The molecule has 5 nitrogen and oxygen atoms in total. The lowest BCUT2D eigenvalue weighted by Crippen LogP contribution is -2.52. The van der Waals surface area contributed by atoms with Crippen molar-refractivity contribution in [1.29, 1.82) is 0 Å². The van der Waals surface area contributed by atoms with Gasteiger partial charge in [0.05, 0.1) is 16.3 Å². The predicted octanol–water partition coefficient (Wildman–Crippen LogP) is 3.49. The lowest BCUT2D eigenvalue weighted by atomic mass is 9.97. The predicted molar refractivity (Wildman–Crippen MR) is 112 cm³/mol. The number of nitrogens with two attached hydrogens (primary N) is 1. The lowest BCUT2D eigenvalue weighted by Gasteiger charge is -2.37. The Morgan fingerprint density at radius 2 is 2.07 bits per heavy atom. The molecule has 7 heteroatoms. The van der Waals surface area contributed by atoms with Crippen LogP contribution in [0.3, 0.4) is 0 Å². The molecule has 0 aliphatic carbocycles. The van der Waals surface area contributed by atoms with E-state index >= 15 is 0 Å². The van der Waals surface area contributed by atoms with E-state index in [1.807, 2.05) is 6.92 Å². The number of hydrogen-bond donors (Lipinski definition) is 2. The molecule has 4 atom stereocenters. The Balaban J connectivity index is 0.00000261. The second-order valence-corrected chi connectivity index (χ2v) is 7.55. The second-order valence-electron chi connectivity index (χ2n) is 7.15. The van der Waals surface area contributed by atoms with Gasteiger partial charge in [-0.1, -0.05) is 17.5 Å². The fraction of sp³-hybridized carbons (Fsp3) is 0.550. The zero-order valence-electron chi connectivity index (χ0n) is 15.9. The fourth-order valence-electron chi connectivity index (χ4n) is 4.12. The Morgan fingerprint density at radius 3 is 2.78 bits per heavy atom. The van der Waals surface area contributed by atoms with E-state index in [1.165, 1.54) is 6.42 Å². The molecule has 2 bridgehead atoms. The maximum atomic E-state index is 13.0. The van der Waals surface area contributed by atoms with Crippen molar-refractivity contribution >= 4 is 35.6 Å². The van der Waals surface area contributed by atoms with Crippen molar-refractivity contribution in [1.82, 2.24) is 10.2 Å². The number of piperidine rings is 1. The maximum Gasteiger partial charge on any atom is 0.255 e. The number of amides is 1. The zero-order chi connectivity index (χ0) is 18.8. The SMILES string of the molecule is CC#C[C@H](C)Oc1cc(N)c(Cl)cc1C(=O)N[C@@H]1CCC2CCC1N2C.Cl. The molecule has 2 heterocycles. The second kappa shape index (κ2) is 9.05. The summed E-state index contributed by atoms with van der Waals surface area (Å²) in [6.45, 7) is 3.58. The summed E-state index contributed by atoms with van der Waals surface area (Å²) in [6.07, 6.45) is 4.11. The number of anilines is 1. The van der Waals surface area contributed by atoms with Crippen molar-refractivity contribution in [3.63, 3.8) is 0 Å². The van der Waals surface area contributed by atoms with Gasteiger partial charge in [-0.3, -0.25) is 9.69 Å². The van der Waals surface area contributed by atoms with Crippen molar-refractivity contribution < 1.29 is 9.53 Å². The fourth-order valence-corrected chi connectivity index (χ4v) is 4.28. The molecule has 3 N–H and O–H groups in total. The van der Waals surface area contributed by atoms with Gasteiger partial charge in [0.2, 0.25) is 0 Å². The highest BCUT2D eigenvalue weighted by Crippen LogP contribution is 2.35. The monoisotopic (exact) mass is 411 g/mol. The molecule has 27 heavy (non-hydrogen) atoms. The van der Waals surface area contributed by atoms with Crippen molar-refractivity contribution in [2.24, 2.45) is 0 Å². The quantitative estimate of drug-likeness (QED) is 0.587. The Bertz CT molecular complexity index is 760. The summed E-state index contributed by atoms with van der Waals surface area (Å²) < 4.78 is 5.83. The number of rotatable bonds is 4. The molecule has 1 aromatic carbocycles. The average Bonchev–Trinajstić information content (AvgIpc) is 2.82. The lowest BCUT2D eigenvalue weighted by molar-refractivity contribution is 0.0851. The van der Waals surface area contributed by atoms with Gasteiger partial charge in [0.1, 0.15) is 5.75 Å². The summed E-state index contributed by atoms with van der Waals surface area (Å²) >= 11 is 6.16. The van der Waals surface area contributed by atoms with Crippen molar-refractivity contribution in [3.05, 3.63) is 22.7 Å². The largest absolute Gasteiger partial charge is 0.477 e. The standard InChI is InChI=1S/C20H26ClN3O2.ClH/c1-4-5-12(2)26-19-11-16(22)15(21)10-14(19)20(25)23-17-8-6-13-7-9-18(17)24(13)3;/h10-13,17-18H,6-9,22H2,1-3H3,(H,23,25);1H/t12-,13?,17+,18?;/m0./s1. The van der Waals surface area contributed by atoms with E-state index in [0.717, 1.165) is 19.3 Å². The molecule has 1 amide bonds. The molecule has 2 aliphatic heterocycles. The highest BCUT2D eigenvalue weighted by atomic mass is 35.5. The van der Waals surface area contributed by atoms with Gasteiger partial charge in [-0.2, -0.15) is 0 Å². The first kappa shape index (κ1) is 21.7. The van der Waals surface area contributed by atoms with Crippen LogP contribution in [-0.2, 0) is 0 Å². The number of hydrogen-bond acceptors (Lipinski definition) is 4. The first-order chi connectivity index (χ1) is 12.4. The molecule has 3 rings (SSSR count). The van der Waals surface area contributed by atoms with E-state index in [-0.39, 0.29) is 30.5 Å². The molecule has 148 valence electrons. The van der Waals surface area contributed by atoms with Crippen LogP contribution < -0.4 is 15.8 Å². The first-order valence-electron chi connectivity index (χ1n) is 9.11. The van der Waals surface area contributed by atoms with E-state index in [4.69, 9.17) is 22.1 Å². The van der Waals surface area contributed by atoms with E-state index in [1.54, 1.807) is 19.1 Å². The molecule has 2 fully saturated rings. The normalized spacial score (nSPS) is 25.0. The van der Waals surface area contributed by atoms with Gasteiger partial charge in [-0.25, -0.2) is 0 Å². The number of fused-ring (bicyclic) bond motifs is 2. The minimum atomic E-state index is -0.344. The van der Waals surface area contributed by atoms with E-state index in [0.29, 0.717) is 34.1 Å². The van der Waals surface area contributed by atoms with Gasteiger partial charge in [-0.15, -0.1) is 18.3 Å². The van der Waals surface area contributed by atoms with E-state index in [2.05, 4.69) is 29.1 Å². The smallest absolute Gasteiger partial charge is 0.255 e. The molecular formula is C20H27Cl2N3O2. The summed E-state index contributed by atoms with van der Waals surface area (Å²) in [5.74, 6) is 5.96. The molecule has 1 aromatic rings. The third-order valence-corrected chi connectivity index (χ3v) is 5.81. The minimum absolute atomic E-state index is 0. The van der Waals surface area contributed by atoms with Gasteiger partial charge < -0.3 is 15.8 Å². The average molecular weight is 412 g/mol. The molecule has 0 spiro atoms.